The van der Waals surface area contributed by atoms with Gasteiger partial charge in [0.05, 0.1) is 6.61 Å². The van der Waals surface area contributed by atoms with Gasteiger partial charge in [-0.3, -0.25) is 0 Å². The quantitative estimate of drug-likeness (QED) is 0.767. The first-order chi connectivity index (χ1) is 7.92. The van der Waals surface area contributed by atoms with E-state index in [4.69, 9.17) is 14.6 Å². The molecule has 5 nitrogen and oxygen atoms in total. The van der Waals surface area contributed by atoms with Gasteiger partial charge in [-0.2, -0.15) is 0 Å². The zero-order chi connectivity index (χ0) is 12.9. The number of aliphatic hydroxyl groups excluding tert-OH is 1. The van der Waals surface area contributed by atoms with Crippen molar-refractivity contribution in [3.63, 3.8) is 0 Å². The Balaban J connectivity index is 2.29. The Labute approximate surface area is 103 Å². The Morgan fingerprint density at radius 1 is 1.35 bits per heavy atom. The zero-order valence-corrected chi connectivity index (χ0v) is 10.9. The van der Waals surface area contributed by atoms with Crippen molar-refractivity contribution in [3.05, 3.63) is 0 Å². The number of hydrogen-bond donors (Lipinski definition) is 1. The van der Waals surface area contributed by atoms with Crippen LogP contribution in [0, 0.1) is 5.92 Å². The summed E-state index contributed by atoms with van der Waals surface area (Å²) in [6, 6.07) is 0. The Morgan fingerprint density at radius 2 is 1.94 bits per heavy atom. The summed E-state index contributed by atoms with van der Waals surface area (Å²) in [6.45, 7) is 7.35. The van der Waals surface area contributed by atoms with Gasteiger partial charge in [0.2, 0.25) is 0 Å². The topological polar surface area (TPSA) is 59.0 Å². The molecule has 0 bridgehead atoms. The molecule has 1 aliphatic heterocycles. The lowest BCUT2D eigenvalue weighted by Crippen LogP contribution is -2.42. The minimum atomic E-state index is -0.437. The maximum Gasteiger partial charge on any atom is 0.410 e. The molecule has 5 heteroatoms. The van der Waals surface area contributed by atoms with Gasteiger partial charge < -0.3 is 19.5 Å². The van der Waals surface area contributed by atoms with E-state index in [1.807, 2.05) is 20.8 Å². The van der Waals surface area contributed by atoms with Crippen LogP contribution >= 0.6 is 0 Å². The molecule has 0 radical (unpaired) electrons. The van der Waals surface area contributed by atoms with Crippen LogP contribution in [0.4, 0.5) is 4.79 Å². The average Bonchev–Trinajstić information content (AvgIpc) is 2.24. The lowest BCUT2D eigenvalue weighted by Gasteiger charge is -2.33. The van der Waals surface area contributed by atoms with E-state index in [9.17, 15) is 4.79 Å². The van der Waals surface area contributed by atoms with E-state index in [1.165, 1.54) is 0 Å². The van der Waals surface area contributed by atoms with Crippen molar-refractivity contribution in [1.82, 2.24) is 4.90 Å². The predicted molar refractivity (Wildman–Crippen MR) is 63.6 cm³/mol. The number of piperidine rings is 1. The van der Waals surface area contributed by atoms with E-state index >= 15 is 0 Å². The summed E-state index contributed by atoms with van der Waals surface area (Å²) in [6.07, 6.45) is 1.57. The molecule has 1 N–H and O–H groups in total. The molecule has 1 saturated heterocycles. The van der Waals surface area contributed by atoms with Crippen LogP contribution in [0.15, 0.2) is 0 Å². The monoisotopic (exact) mass is 245 g/mol. The number of aliphatic hydroxyl groups is 1. The fourth-order valence-electron chi connectivity index (χ4n) is 1.83. The van der Waals surface area contributed by atoms with Crippen LogP contribution in [-0.2, 0) is 9.47 Å². The summed E-state index contributed by atoms with van der Waals surface area (Å²) < 4.78 is 10.3. The Bertz CT molecular complexity index is 241. The fraction of sp³-hybridized carbons (Fsp3) is 0.917. The number of nitrogens with zero attached hydrogens (tertiary/aromatic N) is 1. The second-order valence-corrected chi connectivity index (χ2v) is 5.41. The summed E-state index contributed by atoms with van der Waals surface area (Å²) in [7, 11) is 0. The van der Waals surface area contributed by atoms with Crippen molar-refractivity contribution >= 4 is 6.09 Å². The Hall–Kier alpha value is -0.810. The SMILES string of the molecule is CC(C)(C)OC(=O)N1CCC(COCO)CC1. The molecule has 0 spiro atoms. The van der Waals surface area contributed by atoms with Crippen LogP contribution in [0.25, 0.3) is 0 Å². The molecule has 0 unspecified atom stereocenters. The highest BCUT2D eigenvalue weighted by atomic mass is 16.6. The number of hydrogen-bond acceptors (Lipinski definition) is 4. The van der Waals surface area contributed by atoms with Crippen molar-refractivity contribution < 1.29 is 19.4 Å². The predicted octanol–water partition coefficient (Wildman–Crippen LogP) is 1.60. The lowest BCUT2D eigenvalue weighted by molar-refractivity contribution is -0.0296. The Kier molecular flexibility index (Phi) is 5.21. The molecule has 0 aliphatic carbocycles. The fourth-order valence-corrected chi connectivity index (χ4v) is 1.83. The first-order valence-electron chi connectivity index (χ1n) is 6.09. The second-order valence-electron chi connectivity index (χ2n) is 5.41. The van der Waals surface area contributed by atoms with E-state index in [2.05, 4.69) is 0 Å². The first-order valence-corrected chi connectivity index (χ1v) is 6.09. The standard InChI is InChI=1S/C12H23NO4/c1-12(2,3)17-11(15)13-6-4-10(5-7-13)8-16-9-14/h10,14H,4-9H2,1-3H3. The molecular weight excluding hydrogens is 222 g/mol. The molecule has 1 aliphatic rings. The number of carbonyl (C=O) groups excluding carboxylic acids is 1. The second kappa shape index (κ2) is 6.21. The molecule has 1 rings (SSSR count). The molecule has 0 aromatic heterocycles. The van der Waals surface area contributed by atoms with Crippen LogP contribution in [0.3, 0.4) is 0 Å². The zero-order valence-electron chi connectivity index (χ0n) is 10.9. The van der Waals surface area contributed by atoms with Gasteiger partial charge in [0.1, 0.15) is 12.4 Å². The molecule has 1 heterocycles. The van der Waals surface area contributed by atoms with Crippen molar-refractivity contribution in [1.29, 1.82) is 0 Å². The van der Waals surface area contributed by atoms with Gasteiger partial charge in [-0.15, -0.1) is 0 Å². The number of carbonyl (C=O) groups is 1. The molecule has 0 aromatic carbocycles. The molecule has 0 atom stereocenters. The highest BCUT2D eigenvalue weighted by molar-refractivity contribution is 5.68. The maximum absolute atomic E-state index is 11.8. The van der Waals surface area contributed by atoms with Crippen LogP contribution in [0.1, 0.15) is 33.6 Å². The summed E-state index contributed by atoms with van der Waals surface area (Å²) in [4.78, 5) is 13.5. The normalized spacial score (nSPS) is 18.2. The molecular formula is C12H23NO4. The third-order valence-electron chi connectivity index (χ3n) is 2.71. The van der Waals surface area contributed by atoms with Gasteiger partial charge >= 0.3 is 6.09 Å². The summed E-state index contributed by atoms with van der Waals surface area (Å²) in [5.74, 6) is 0.431. The van der Waals surface area contributed by atoms with Crippen molar-refractivity contribution in [2.75, 3.05) is 26.5 Å². The molecule has 100 valence electrons. The van der Waals surface area contributed by atoms with Crippen LogP contribution in [0.2, 0.25) is 0 Å². The van der Waals surface area contributed by atoms with Gasteiger partial charge in [0.15, 0.2) is 0 Å². The third kappa shape index (κ3) is 5.37. The smallest absolute Gasteiger partial charge is 0.410 e. The highest BCUT2D eigenvalue weighted by Crippen LogP contribution is 2.19. The number of rotatable bonds is 3. The minimum Gasteiger partial charge on any atom is -0.444 e. The molecule has 17 heavy (non-hydrogen) atoms. The van der Waals surface area contributed by atoms with Crippen LogP contribution in [0.5, 0.6) is 0 Å². The van der Waals surface area contributed by atoms with E-state index in [-0.39, 0.29) is 12.9 Å². The van der Waals surface area contributed by atoms with E-state index < -0.39 is 5.60 Å². The minimum absolute atomic E-state index is 0.230. The van der Waals surface area contributed by atoms with Gasteiger partial charge in [-0.05, 0) is 39.5 Å². The Morgan fingerprint density at radius 3 is 2.41 bits per heavy atom. The molecule has 0 aromatic rings. The molecule has 1 fully saturated rings. The summed E-state index contributed by atoms with van der Waals surface area (Å²) >= 11 is 0. The van der Waals surface area contributed by atoms with E-state index in [0.717, 1.165) is 12.8 Å². The summed E-state index contributed by atoms with van der Waals surface area (Å²) in [5, 5.41) is 8.56. The number of likely N-dealkylation sites (tertiary alicyclic amines) is 1. The van der Waals surface area contributed by atoms with Gasteiger partial charge in [-0.25, -0.2) is 4.79 Å². The number of amides is 1. The average molecular weight is 245 g/mol. The number of ether oxygens (including phenoxy) is 2. The van der Waals surface area contributed by atoms with E-state index in [0.29, 0.717) is 25.6 Å². The summed E-state index contributed by atoms with van der Waals surface area (Å²) in [5.41, 5.74) is -0.437. The molecule has 1 amide bonds. The maximum atomic E-state index is 11.8. The van der Waals surface area contributed by atoms with Gasteiger partial charge in [-0.1, -0.05) is 0 Å². The van der Waals surface area contributed by atoms with E-state index in [1.54, 1.807) is 4.90 Å². The van der Waals surface area contributed by atoms with Gasteiger partial charge in [0.25, 0.3) is 0 Å². The largest absolute Gasteiger partial charge is 0.444 e. The molecule has 0 saturated carbocycles. The first kappa shape index (κ1) is 14.3. The lowest BCUT2D eigenvalue weighted by atomic mass is 9.98. The third-order valence-corrected chi connectivity index (χ3v) is 2.71. The van der Waals surface area contributed by atoms with Crippen LogP contribution < -0.4 is 0 Å². The van der Waals surface area contributed by atoms with Crippen molar-refractivity contribution in [2.24, 2.45) is 5.92 Å². The van der Waals surface area contributed by atoms with Crippen LogP contribution in [-0.4, -0.2) is 48.2 Å². The van der Waals surface area contributed by atoms with Crippen molar-refractivity contribution in [2.45, 2.75) is 39.2 Å². The van der Waals surface area contributed by atoms with Crippen molar-refractivity contribution in [3.8, 4) is 0 Å². The highest BCUT2D eigenvalue weighted by Gasteiger charge is 2.26. The van der Waals surface area contributed by atoms with Gasteiger partial charge in [0, 0.05) is 13.1 Å².